The van der Waals surface area contributed by atoms with Gasteiger partial charge in [0.15, 0.2) is 0 Å². The van der Waals surface area contributed by atoms with Crippen molar-refractivity contribution in [2.24, 2.45) is 7.05 Å². The third kappa shape index (κ3) is 3.62. The van der Waals surface area contributed by atoms with E-state index in [2.05, 4.69) is 16.9 Å². The molecule has 1 aromatic rings. The SMILES string of the molecule is CCCc1nn(C)c(OCCN2CCCCC2)c1N. The van der Waals surface area contributed by atoms with Crippen LogP contribution in [0.5, 0.6) is 5.88 Å². The van der Waals surface area contributed by atoms with Crippen LogP contribution in [-0.4, -0.2) is 40.9 Å². The molecule has 5 heteroatoms. The second-order valence-electron chi connectivity index (χ2n) is 5.29. The number of nitrogen functional groups attached to an aromatic ring is 1. The molecule has 19 heavy (non-hydrogen) atoms. The van der Waals surface area contributed by atoms with Crippen LogP contribution >= 0.6 is 0 Å². The van der Waals surface area contributed by atoms with E-state index in [1.807, 2.05) is 7.05 Å². The summed E-state index contributed by atoms with van der Waals surface area (Å²) in [4.78, 5) is 2.46. The van der Waals surface area contributed by atoms with Crippen molar-refractivity contribution in [1.82, 2.24) is 14.7 Å². The Morgan fingerprint density at radius 1 is 1.26 bits per heavy atom. The molecule has 0 atom stereocenters. The van der Waals surface area contributed by atoms with Crippen LogP contribution < -0.4 is 10.5 Å². The highest BCUT2D eigenvalue weighted by atomic mass is 16.5. The summed E-state index contributed by atoms with van der Waals surface area (Å²) in [5, 5.41) is 4.42. The minimum absolute atomic E-state index is 0.690. The number of nitrogens with two attached hydrogens (primary N) is 1. The standard InChI is InChI=1S/C14H26N4O/c1-3-7-12-13(15)14(17(2)16-12)19-11-10-18-8-5-4-6-9-18/h3-11,15H2,1-2H3. The Kier molecular flexibility index (Phi) is 5.07. The second kappa shape index (κ2) is 6.80. The van der Waals surface area contributed by atoms with Crippen molar-refractivity contribution < 1.29 is 4.74 Å². The van der Waals surface area contributed by atoms with Gasteiger partial charge in [0, 0.05) is 13.6 Å². The summed E-state index contributed by atoms with van der Waals surface area (Å²) in [5.74, 6) is 0.723. The van der Waals surface area contributed by atoms with Crippen LogP contribution in [0.2, 0.25) is 0 Å². The highest BCUT2D eigenvalue weighted by molar-refractivity contribution is 5.53. The summed E-state index contributed by atoms with van der Waals surface area (Å²) in [5.41, 5.74) is 7.76. The van der Waals surface area contributed by atoms with Gasteiger partial charge >= 0.3 is 0 Å². The topological polar surface area (TPSA) is 56.3 Å². The molecule has 1 aliphatic rings. The fraction of sp³-hybridized carbons (Fsp3) is 0.786. The summed E-state index contributed by atoms with van der Waals surface area (Å²) in [6.07, 6.45) is 5.96. The largest absolute Gasteiger partial charge is 0.475 e. The molecule has 0 aromatic carbocycles. The van der Waals surface area contributed by atoms with Crippen molar-refractivity contribution in [3.63, 3.8) is 0 Å². The Labute approximate surface area is 115 Å². The Morgan fingerprint density at radius 3 is 2.68 bits per heavy atom. The van der Waals surface area contributed by atoms with Gasteiger partial charge in [-0.25, -0.2) is 4.68 Å². The van der Waals surface area contributed by atoms with Crippen molar-refractivity contribution in [3.8, 4) is 5.88 Å². The summed E-state index contributed by atoms with van der Waals surface area (Å²) >= 11 is 0. The normalized spacial score (nSPS) is 16.7. The first-order valence-electron chi connectivity index (χ1n) is 7.39. The Hall–Kier alpha value is -1.23. The molecule has 1 aliphatic heterocycles. The van der Waals surface area contributed by atoms with Crippen molar-refractivity contribution in [1.29, 1.82) is 0 Å². The van der Waals surface area contributed by atoms with Gasteiger partial charge in [0.2, 0.25) is 5.88 Å². The lowest BCUT2D eigenvalue weighted by molar-refractivity contribution is 0.178. The van der Waals surface area contributed by atoms with E-state index in [4.69, 9.17) is 10.5 Å². The van der Waals surface area contributed by atoms with Crippen molar-refractivity contribution >= 4 is 5.69 Å². The van der Waals surface area contributed by atoms with Crippen LogP contribution in [0.15, 0.2) is 0 Å². The van der Waals surface area contributed by atoms with E-state index in [0.29, 0.717) is 12.3 Å². The number of aryl methyl sites for hydroxylation is 2. The fourth-order valence-corrected chi connectivity index (χ4v) is 2.63. The molecule has 0 radical (unpaired) electrons. The molecule has 1 fully saturated rings. The van der Waals surface area contributed by atoms with Crippen LogP contribution in [-0.2, 0) is 13.5 Å². The van der Waals surface area contributed by atoms with Crippen molar-refractivity contribution in [3.05, 3.63) is 5.69 Å². The quantitative estimate of drug-likeness (QED) is 0.853. The first-order chi connectivity index (χ1) is 9.22. The lowest BCUT2D eigenvalue weighted by atomic mass is 10.1. The fourth-order valence-electron chi connectivity index (χ4n) is 2.63. The first-order valence-corrected chi connectivity index (χ1v) is 7.39. The maximum Gasteiger partial charge on any atom is 0.235 e. The molecule has 0 amide bonds. The molecule has 2 rings (SSSR count). The van der Waals surface area contributed by atoms with Gasteiger partial charge in [0.1, 0.15) is 12.3 Å². The molecule has 0 bridgehead atoms. The number of anilines is 1. The molecular weight excluding hydrogens is 240 g/mol. The average Bonchev–Trinajstić information content (AvgIpc) is 2.68. The third-order valence-electron chi connectivity index (χ3n) is 3.69. The Balaban J connectivity index is 1.84. The molecule has 0 saturated carbocycles. The van der Waals surface area contributed by atoms with Gasteiger partial charge in [-0.2, -0.15) is 5.10 Å². The predicted octanol–water partition coefficient (Wildman–Crippen LogP) is 1.82. The van der Waals surface area contributed by atoms with Gasteiger partial charge in [-0.3, -0.25) is 4.90 Å². The highest BCUT2D eigenvalue weighted by Crippen LogP contribution is 2.25. The van der Waals surface area contributed by atoms with Gasteiger partial charge in [0.25, 0.3) is 0 Å². The molecule has 0 unspecified atom stereocenters. The number of hydrogen-bond donors (Lipinski definition) is 1. The number of likely N-dealkylation sites (tertiary alicyclic amines) is 1. The van der Waals surface area contributed by atoms with Crippen LogP contribution in [0, 0.1) is 0 Å². The highest BCUT2D eigenvalue weighted by Gasteiger charge is 2.15. The van der Waals surface area contributed by atoms with E-state index in [1.165, 1.54) is 32.4 Å². The number of rotatable bonds is 6. The summed E-state index contributed by atoms with van der Waals surface area (Å²) < 4.78 is 7.59. The van der Waals surface area contributed by atoms with Gasteiger partial charge in [-0.05, 0) is 32.4 Å². The molecular formula is C14H26N4O. The van der Waals surface area contributed by atoms with Gasteiger partial charge in [0.05, 0.1) is 5.69 Å². The van der Waals surface area contributed by atoms with Gasteiger partial charge < -0.3 is 10.5 Å². The second-order valence-corrected chi connectivity index (χ2v) is 5.29. The average molecular weight is 266 g/mol. The summed E-state index contributed by atoms with van der Waals surface area (Å²) in [7, 11) is 1.89. The zero-order chi connectivity index (χ0) is 13.7. The lowest BCUT2D eigenvalue weighted by Crippen LogP contribution is -2.33. The zero-order valence-electron chi connectivity index (χ0n) is 12.2. The molecule has 1 saturated heterocycles. The van der Waals surface area contributed by atoms with Crippen LogP contribution in [0.1, 0.15) is 38.3 Å². The van der Waals surface area contributed by atoms with E-state index in [9.17, 15) is 0 Å². The van der Waals surface area contributed by atoms with Crippen LogP contribution in [0.25, 0.3) is 0 Å². The van der Waals surface area contributed by atoms with E-state index in [0.717, 1.165) is 31.0 Å². The minimum atomic E-state index is 0.690. The van der Waals surface area contributed by atoms with E-state index in [1.54, 1.807) is 4.68 Å². The monoisotopic (exact) mass is 266 g/mol. The molecule has 5 nitrogen and oxygen atoms in total. The summed E-state index contributed by atoms with van der Waals surface area (Å²) in [6.45, 7) is 6.20. The third-order valence-corrected chi connectivity index (χ3v) is 3.69. The Bertz CT molecular complexity index is 396. The Morgan fingerprint density at radius 2 is 2.00 bits per heavy atom. The number of aromatic nitrogens is 2. The molecule has 2 N–H and O–H groups in total. The molecule has 0 spiro atoms. The van der Waals surface area contributed by atoms with Crippen LogP contribution in [0.4, 0.5) is 5.69 Å². The number of ether oxygens (including phenoxy) is 1. The predicted molar refractivity (Wildman–Crippen MR) is 77.4 cm³/mol. The molecule has 1 aromatic heterocycles. The van der Waals surface area contributed by atoms with Crippen LogP contribution in [0.3, 0.4) is 0 Å². The smallest absolute Gasteiger partial charge is 0.235 e. The number of hydrogen-bond acceptors (Lipinski definition) is 4. The van der Waals surface area contributed by atoms with Crippen molar-refractivity contribution in [2.45, 2.75) is 39.0 Å². The minimum Gasteiger partial charge on any atom is -0.475 e. The molecule has 0 aliphatic carbocycles. The maximum absolute atomic E-state index is 6.09. The zero-order valence-corrected chi connectivity index (χ0v) is 12.2. The van der Waals surface area contributed by atoms with E-state index in [-0.39, 0.29) is 0 Å². The summed E-state index contributed by atoms with van der Waals surface area (Å²) in [6, 6.07) is 0. The first kappa shape index (κ1) is 14.2. The van der Waals surface area contributed by atoms with Gasteiger partial charge in [-0.1, -0.05) is 19.8 Å². The van der Waals surface area contributed by atoms with Crippen molar-refractivity contribution in [2.75, 3.05) is 32.0 Å². The van der Waals surface area contributed by atoms with E-state index >= 15 is 0 Å². The lowest BCUT2D eigenvalue weighted by Gasteiger charge is -2.26. The van der Waals surface area contributed by atoms with E-state index < -0.39 is 0 Å². The number of piperidine rings is 1. The van der Waals surface area contributed by atoms with Gasteiger partial charge in [-0.15, -0.1) is 0 Å². The maximum atomic E-state index is 6.09. The molecule has 108 valence electrons. The number of nitrogens with zero attached hydrogens (tertiary/aromatic N) is 3. The molecule has 2 heterocycles.